The Morgan fingerprint density at radius 1 is 1.40 bits per heavy atom. The SMILES string of the molecule is CC[C@H](c1ccccc1)n1nn[nH]c1=O. The summed E-state index contributed by atoms with van der Waals surface area (Å²) in [6.07, 6.45) is 0.802. The molecule has 1 N–H and O–H groups in total. The van der Waals surface area contributed by atoms with E-state index in [0.717, 1.165) is 12.0 Å². The molecule has 0 aliphatic carbocycles. The number of hydrogen-bond acceptors (Lipinski definition) is 3. The number of aromatic amines is 1. The quantitative estimate of drug-likeness (QED) is 0.810. The van der Waals surface area contributed by atoms with Crippen molar-refractivity contribution in [2.45, 2.75) is 19.4 Å². The minimum Gasteiger partial charge on any atom is -0.244 e. The van der Waals surface area contributed by atoms with E-state index in [0.29, 0.717) is 0 Å². The van der Waals surface area contributed by atoms with Gasteiger partial charge in [-0.15, -0.1) is 0 Å². The predicted octanol–water partition coefficient (Wildman–Crippen LogP) is 0.966. The Bertz CT molecular complexity index is 473. The summed E-state index contributed by atoms with van der Waals surface area (Å²) in [5.74, 6) is 0. The summed E-state index contributed by atoms with van der Waals surface area (Å²) < 4.78 is 1.37. The van der Waals surface area contributed by atoms with Crippen LogP contribution in [-0.4, -0.2) is 20.2 Å². The van der Waals surface area contributed by atoms with Crippen LogP contribution in [-0.2, 0) is 0 Å². The molecule has 5 nitrogen and oxygen atoms in total. The standard InChI is InChI=1S/C10H12N4O/c1-2-9(8-6-4-3-5-7-8)14-10(15)11-12-13-14/h3-7,9H,2H2,1H3,(H,11,13,15)/t9-/m1/s1. The molecule has 15 heavy (non-hydrogen) atoms. The number of tetrazole rings is 1. The number of hydrogen-bond donors (Lipinski definition) is 1. The average molecular weight is 204 g/mol. The molecule has 0 bridgehead atoms. The first-order valence-corrected chi connectivity index (χ1v) is 4.87. The van der Waals surface area contributed by atoms with E-state index in [4.69, 9.17) is 0 Å². The molecule has 2 aromatic rings. The smallest absolute Gasteiger partial charge is 0.244 e. The van der Waals surface area contributed by atoms with Gasteiger partial charge in [0.15, 0.2) is 0 Å². The largest absolute Gasteiger partial charge is 0.361 e. The van der Waals surface area contributed by atoms with Crippen molar-refractivity contribution in [3.8, 4) is 0 Å². The van der Waals surface area contributed by atoms with E-state index in [1.54, 1.807) is 0 Å². The molecule has 1 aromatic carbocycles. The van der Waals surface area contributed by atoms with Gasteiger partial charge in [-0.3, -0.25) is 0 Å². The number of aromatic nitrogens is 4. The number of benzene rings is 1. The van der Waals surface area contributed by atoms with Crippen molar-refractivity contribution in [2.24, 2.45) is 0 Å². The van der Waals surface area contributed by atoms with Gasteiger partial charge in [0, 0.05) is 0 Å². The lowest BCUT2D eigenvalue weighted by Gasteiger charge is -2.13. The Morgan fingerprint density at radius 3 is 2.67 bits per heavy atom. The fourth-order valence-corrected chi connectivity index (χ4v) is 1.63. The Balaban J connectivity index is 2.42. The first-order valence-electron chi connectivity index (χ1n) is 4.87. The van der Waals surface area contributed by atoms with Crippen molar-refractivity contribution in [1.82, 2.24) is 20.2 Å². The average Bonchev–Trinajstić information content (AvgIpc) is 2.68. The van der Waals surface area contributed by atoms with E-state index >= 15 is 0 Å². The first kappa shape index (κ1) is 9.64. The van der Waals surface area contributed by atoms with Crippen molar-refractivity contribution in [3.63, 3.8) is 0 Å². The molecule has 5 heteroatoms. The molecule has 1 aromatic heterocycles. The molecule has 0 saturated heterocycles. The fraction of sp³-hybridized carbons (Fsp3) is 0.300. The third-order valence-electron chi connectivity index (χ3n) is 2.36. The van der Waals surface area contributed by atoms with Crippen LogP contribution in [0.3, 0.4) is 0 Å². The Labute approximate surface area is 86.7 Å². The lowest BCUT2D eigenvalue weighted by atomic mass is 10.1. The van der Waals surface area contributed by atoms with Gasteiger partial charge in [0.05, 0.1) is 6.04 Å². The summed E-state index contributed by atoms with van der Waals surface area (Å²) >= 11 is 0. The highest BCUT2D eigenvalue weighted by Gasteiger charge is 2.14. The van der Waals surface area contributed by atoms with Crippen molar-refractivity contribution in [2.75, 3.05) is 0 Å². The molecule has 0 saturated carbocycles. The Kier molecular flexibility index (Phi) is 2.62. The van der Waals surface area contributed by atoms with Gasteiger partial charge in [0.1, 0.15) is 0 Å². The summed E-state index contributed by atoms with van der Waals surface area (Å²) in [4.78, 5) is 11.4. The Morgan fingerprint density at radius 2 is 2.13 bits per heavy atom. The maximum Gasteiger partial charge on any atom is 0.361 e. The second-order valence-electron chi connectivity index (χ2n) is 3.29. The maximum atomic E-state index is 11.4. The highest BCUT2D eigenvalue weighted by molar-refractivity contribution is 5.18. The molecule has 1 atom stereocenters. The summed E-state index contributed by atoms with van der Waals surface area (Å²) in [5, 5.41) is 9.55. The molecule has 0 radical (unpaired) electrons. The number of rotatable bonds is 3. The molecule has 0 unspecified atom stereocenters. The zero-order chi connectivity index (χ0) is 10.7. The van der Waals surface area contributed by atoms with E-state index < -0.39 is 0 Å². The van der Waals surface area contributed by atoms with Crippen LogP contribution in [0.1, 0.15) is 24.9 Å². The molecule has 2 rings (SSSR count). The highest BCUT2D eigenvalue weighted by atomic mass is 16.2. The summed E-state index contributed by atoms with van der Waals surface area (Å²) in [6.45, 7) is 2.01. The molecular formula is C10H12N4O. The van der Waals surface area contributed by atoms with Crippen molar-refractivity contribution in [1.29, 1.82) is 0 Å². The monoisotopic (exact) mass is 204 g/mol. The van der Waals surface area contributed by atoms with Crippen LogP contribution in [0.2, 0.25) is 0 Å². The van der Waals surface area contributed by atoms with Crippen LogP contribution in [0.5, 0.6) is 0 Å². The van der Waals surface area contributed by atoms with Crippen LogP contribution in [0.4, 0.5) is 0 Å². The normalized spacial score (nSPS) is 12.6. The van der Waals surface area contributed by atoms with Gasteiger partial charge < -0.3 is 0 Å². The van der Waals surface area contributed by atoms with Crippen molar-refractivity contribution < 1.29 is 0 Å². The van der Waals surface area contributed by atoms with Gasteiger partial charge in [-0.2, -0.15) is 4.68 Å². The second-order valence-corrected chi connectivity index (χ2v) is 3.29. The van der Waals surface area contributed by atoms with Gasteiger partial charge in [-0.1, -0.05) is 37.3 Å². The molecule has 78 valence electrons. The minimum absolute atomic E-state index is 0.0440. The molecule has 0 amide bonds. The number of nitrogens with one attached hydrogen (secondary N) is 1. The fourth-order valence-electron chi connectivity index (χ4n) is 1.63. The van der Waals surface area contributed by atoms with E-state index in [-0.39, 0.29) is 11.7 Å². The van der Waals surface area contributed by atoms with E-state index in [9.17, 15) is 4.79 Å². The van der Waals surface area contributed by atoms with Gasteiger partial charge in [0.2, 0.25) is 0 Å². The number of H-pyrrole nitrogens is 1. The summed E-state index contributed by atoms with van der Waals surface area (Å²) in [5.41, 5.74) is 0.793. The molecule has 0 aliphatic heterocycles. The van der Waals surface area contributed by atoms with E-state index in [1.807, 2.05) is 37.3 Å². The van der Waals surface area contributed by atoms with Gasteiger partial charge in [0.25, 0.3) is 0 Å². The predicted molar refractivity (Wildman–Crippen MR) is 55.5 cm³/mol. The lowest BCUT2D eigenvalue weighted by molar-refractivity contribution is 0.481. The maximum absolute atomic E-state index is 11.4. The lowest BCUT2D eigenvalue weighted by Crippen LogP contribution is -2.24. The zero-order valence-corrected chi connectivity index (χ0v) is 8.42. The van der Waals surface area contributed by atoms with E-state index in [1.165, 1.54) is 4.68 Å². The zero-order valence-electron chi connectivity index (χ0n) is 8.42. The molecule has 0 spiro atoms. The van der Waals surface area contributed by atoms with Crippen molar-refractivity contribution in [3.05, 3.63) is 46.4 Å². The Hall–Kier alpha value is -1.91. The minimum atomic E-state index is -0.272. The van der Waals surface area contributed by atoms with Crippen LogP contribution < -0.4 is 5.69 Å². The molecule has 0 fully saturated rings. The van der Waals surface area contributed by atoms with E-state index in [2.05, 4.69) is 15.5 Å². The third-order valence-corrected chi connectivity index (χ3v) is 2.36. The van der Waals surface area contributed by atoms with Crippen LogP contribution in [0.25, 0.3) is 0 Å². The molecule has 1 heterocycles. The summed E-state index contributed by atoms with van der Waals surface area (Å²) in [7, 11) is 0. The molecule has 0 aliphatic rings. The number of nitrogens with zero attached hydrogens (tertiary/aromatic N) is 3. The van der Waals surface area contributed by atoms with Crippen LogP contribution in [0.15, 0.2) is 35.1 Å². The van der Waals surface area contributed by atoms with Crippen LogP contribution >= 0.6 is 0 Å². The van der Waals surface area contributed by atoms with Crippen molar-refractivity contribution >= 4 is 0 Å². The topological polar surface area (TPSA) is 63.6 Å². The van der Waals surface area contributed by atoms with Gasteiger partial charge in [-0.25, -0.2) is 9.89 Å². The first-order chi connectivity index (χ1) is 7.33. The second kappa shape index (κ2) is 4.08. The van der Waals surface area contributed by atoms with Crippen LogP contribution in [0, 0.1) is 0 Å². The molecular weight excluding hydrogens is 192 g/mol. The highest BCUT2D eigenvalue weighted by Crippen LogP contribution is 2.18. The van der Waals surface area contributed by atoms with Gasteiger partial charge >= 0.3 is 5.69 Å². The van der Waals surface area contributed by atoms with Gasteiger partial charge in [-0.05, 0) is 22.4 Å². The third kappa shape index (κ3) is 1.81. The summed E-state index contributed by atoms with van der Waals surface area (Å²) in [6, 6.07) is 9.76.